The highest BCUT2D eigenvalue weighted by Gasteiger charge is 2.33. The molecule has 1 aromatic carbocycles. The third kappa shape index (κ3) is 3.60. The minimum absolute atomic E-state index is 0.00373. The fourth-order valence-corrected chi connectivity index (χ4v) is 3.91. The number of nitrogen functional groups attached to an aromatic ring is 1. The number of benzene rings is 1. The van der Waals surface area contributed by atoms with Gasteiger partial charge in [0.2, 0.25) is 0 Å². The number of nitrogens with two attached hydrogens (primary N) is 1. The molecule has 0 radical (unpaired) electrons. The van der Waals surface area contributed by atoms with E-state index in [-0.39, 0.29) is 17.8 Å². The number of H-pyrrole nitrogens is 1. The Morgan fingerprint density at radius 3 is 2.65 bits per heavy atom. The lowest BCUT2D eigenvalue weighted by atomic mass is 10.0. The number of rotatable bonds is 4. The lowest BCUT2D eigenvalue weighted by molar-refractivity contribution is -0.137. The Kier molecular flexibility index (Phi) is 5.12. The Morgan fingerprint density at radius 2 is 2.00 bits per heavy atom. The highest BCUT2D eigenvalue weighted by Crippen LogP contribution is 2.34. The van der Waals surface area contributed by atoms with Crippen molar-refractivity contribution in [2.45, 2.75) is 39.3 Å². The van der Waals surface area contributed by atoms with Gasteiger partial charge in [-0.05, 0) is 32.0 Å². The first-order valence-corrected chi connectivity index (χ1v) is 9.67. The number of pyridine rings is 1. The number of anilines is 1. The summed E-state index contributed by atoms with van der Waals surface area (Å²) in [5.41, 5.74) is 7.89. The summed E-state index contributed by atoms with van der Waals surface area (Å²) in [5, 5.41) is 0. The van der Waals surface area contributed by atoms with Crippen molar-refractivity contribution in [2.75, 3.05) is 12.3 Å². The Labute approximate surface area is 175 Å². The average molecular weight is 436 g/mol. The van der Waals surface area contributed by atoms with Crippen molar-refractivity contribution in [3.63, 3.8) is 0 Å². The molecule has 3 aromatic rings. The number of amides is 1. The van der Waals surface area contributed by atoms with Gasteiger partial charge in [-0.2, -0.15) is 13.2 Å². The van der Waals surface area contributed by atoms with Crippen LogP contribution in [0.3, 0.4) is 0 Å². The lowest BCUT2D eigenvalue weighted by Gasteiger charge is -2.28. The number of carbonyl (C=O) groups is 1. The molecule has 2 aromatic heterocycles. The van der Waals surface area contributed by atoms with Crippen LogP contribution >= 0.6 is 0 Å². The standard InChI is InChI=1S/C21H20F4N4O2/c1-3-29(10(2)12-5-4-11(6-15(12)22)21(23,24)25)20(30)17-7-16-18(27-17)13-8-31-9-14(13)19(26)28-16/h4-7,10,27H,3,8-9H2,1-2H3,(H2,26,28)/t10-/m1/s1. The molecule has 0 bridgehead atoms. The van der Waals surface area contributed by atoms with E-state index in [0.717, 1.165) is 23.3 Å². The van der Waals surface area contributed by atoms with Gasteiger partial charge in [-0.25, -0.2) is 9.37 Å². The van der Waals surface area contributed by atoms with Gasteiger partial charge in [0.15, 0.2) is 0 Å². The van der Waals surface area contributed by atoms with Crippen molar-refractivity contribution in [1.29, 1.82) is 0 Å². The molecule has 1 aliphatic rings. The number of hydrogen-bond donors (Lipinski definition) is 2. The second-order valence-electron chi connectivity index (χ2n) is 7.39. The predicted octanol–water partition coefficient (Wildman–Crippen LogP) is 4.56. The van der Waals surface area contributed by atoms with E-state index in [2.05, 4.69) is 9.97 Å². The largest absolute Gasteiger partial charge is 0.416 e. The van der Waals surface area contributed by atoms with Crippen LogP contribution in [0.5, 0.6) is 0 Å². The fraction of sp³-hybridized carbons (Fsp3) is 0.333. The molecule has 3 N–H and O–H groups in total. The molecule has 4 rings (SSSR count). The Balaban J connectivity index is 1.67. The van der Waals surface area contributed by atoms with Gasteiger partial charge in [-0.3, -0.25) is 4.79 Å². The number of fused-ring (bicyclic) bond motifs is 3. The van der Waals surface area contributed by atoms with Gasteiger partial charge in [0.1, 0.15) is 17.3 Å². The quantitative estimate of drug-likeness (QED) is 0.588. The van der Waals surface area contributed by atoms with E-state index in [4.69, 9.17) is 10.5 Å². The molecular weight excluding hydrogens is 416 g/mol. The monoisotopic (exact) mass is 436 g/mol. The minimum Gasteiger partial charge on any atom is -0.383 e. The number of alkyl halides is 3. The van der Waals surface area contributed by atoms with E-state index in [1.165, 1.54) is 4.90 Å². The van der Waals surface area contributed by atoms with E-state index < -0.39 is 29.5 Å². The third-order valence-electron chi connectivity index (χ3n) is 5.58. The predicted molar refractivity (Wildman–Crippen MR) is 106 cm³/mol. The van der Waals surface area contributed by atoms with Crippen LogP contribution in [0.2, 0.25) is 0 Å². The number of ether oxygens (including phenoxy) is 1. The summed E-state index contributed by atoms with van der Waals surface area (Å²) in [6.45, 7) is 4.18. The van der Waals surface area contributed by atoms with Crippen LogP contribution in [0.4, 0.5) is 23.4 Å². The van der Waals surface area contributed by atoms with Crippen LogP contribution in [0, 0.1) is 5.82 Å². The SMILES string of the molecule is CCN(C(=O)c1cc2nc(N)c3c(c2[nH]1)COC3)[C@H](C)c1ccc(C(F)(F)F)cc1F. The summed E-state index contributed by atoms with van der Waals surface area (Å²) in [6.07, 6.45) is -4.65. The number of nitrogens with one attached hydrogen (secondary N) is 1. The average Bonchev–Trinajstić information content (AvgIpc) is 3.34. The van der Waals surface area contributed by atoms with Crippen molar-refractivity contribution < 1.29 is 27.1 Å². The van der Waals surface area contributed by atoms with Crippen molar-refractivity contribution >= 4 is 22.8 Å². The Hall–Kier alpha value is -3.14. The summed E-state index contributed by atoms with van der Waals surface area (Å²) in [5.74, 6) is -1.11. The zero-order valence-corrected chi connectivity index (χ0v) is 16.8. The summed E-state index contributed by atoms with van der Waals surface area (Å²) in [4.78, 5) is 21.9. The summed E-state index contributed by atoms with van der Waals surface area (Å²) in [6, 6.07) is 3.09. The molecule has 3 heterocycles. The molecule has 164 valence electrons. The van der Waals surface area contributed by atoms with E-state index in [1.54, 1.807) is 19.9 Å². The minimum atomic E-state index is -4.65. The Morgan fingerprint density at radius 1 is 1.29 bits per heavy atom. The van der Waals surface area contributed by atoms with Crippen molar-refractivity contribution in [3.05, 3.63) is 58.0 Å². The molecule has 31 heavy (non-hydrogen) atoms. The molecule has 10 heteroatoms. The second kappa shape index (κ2) is 7.52. The van der Waals surface area contributed by atoms with Gasteiger partial charge in [0, 0.05) is 23.2 Å². The topological polar surface area (TPSA) is 84.2 Å². The highest BCUT2D eigenvalue weighted by molar-refractivity contribution is 5.98. The number of halogens is 4. The van der Waals surface area contributed by atoms with Crippen LogP contribution < -0.4 is 5.73 Å². The van der Waals surface area contributed by atoms with Crippen LogP contribution in [0.1, 0.15) is 52.6 Å². The van der Waals surface area contributed by atoms with E-state index >= 15 is 0 Å². The maximum atomic E-state index is 14.5. The molecule has 0 fully saturated rings. The maximum Gasteiger partial charge on any atom is 0.416 e. The van der Waals surface area contributed by atoms with Gasteiger partial charge in [0.05, 0.1) is 35.9 Å². The fourth-order valence-electron chi connectivity index (χ4n) is 3.91. The molecule has 0 saturated heterocycles. The molecule has 0 unspecified atom stereocenters. The molecular formula is C21H20F4N4O2. The zero-order chi connectivity index (χ0) is 22.5. The van der Waals surface area contributed by atoms with Crippen LogP contribution in [0.15, 0.2) is 24.3 Å². The van der Waals surface area contributed by atoms with Crippen LogP contribution in [-0.4, -0.2) is 27.3 Å². The summed E-state index contributed by atoms with van der Waals surface area (Å²) in [7, 11) is 0. The first-order valence-electron chi connectivity index (χ1n) is 9.67. The smallest absolute Gasteiger partial charge is 0.383 e. The van der Waals surface area contributed by atoms with E-state index in [1.807, 2.05) is 0 Å². The Bertz CT molecular complexity index is 1170. The normalized spacial score (nSPS) is 14.6. The number of aromatic nitrogens is 2. The molecule has 6 nitrogen and oxygen atoms in total. The maximum absolute atomic E-state index is 14.5. The molecule has 1 atom stereocenters. The molecule has 1 aliphatic heterocycles. The van der Waals surface area contributed by atoms with Gasteiger partial charge in [0.25, 0.3) is 5.91 Å². The van der Waals surface area contributed by atoms with Gasteiger partial charge >= 0.3 is 6.18 Å². The first kappa shape index (κ1) is 21.1. The van der Waals surface area contributed by atoms with Gasteiger partial charge < -0.3 is 20.4 Å². The molecule has 0 aliphatic carbocycles. The highest BCUT2D eigenvalue weighted by atomic mass is 19.4. The number of aromatic amines is 1. The third-order valence-corrected chi connectivity index (χ3v) is 5.58. The number of hydrogen-bond acceptors (Lipinski definition) is 4. The van der Waals surface area contributed by atoms with E-state index in [9.17, 15) is 22.4 Å². The first-order chi connectivity index (χ1) is 14.6. The van der Waals surface area contributed by atoms with Crippen LogP contribution in [0.25, 0.3) is 11.0 Å². The zero-order valence-electron chi connectivity index (χ0n) is 16.8. The van der Waals surface area contributed by atoms with Crippen molar-refractivity contribution in [3.8, 4) is 0 Å². The van der Waals surface area contributed by atoms with Gasteiger partial charge in [-0.1, -0.05) is 6.07 Å². The molecule has 0 spiro atoms. The molecule has 0 saturated carbocycles. The number of carbonyl (C=O) groups excluding carboxylic acids is 1. The summed E-state index contributed by atoms with van der Waals surface area (Å²) >= 11 is 0. The van der Waals surface area contributed by atoms with Crippen molar-refractivity contribution in [1.82, 2.24) is 14.9 Å². The second-order valence-corrected chi connectivity index (χ2v) is 7.39. The molecule has 1 amide bonds. The summed E-state index contributed by atoms with van der Waals surface area (Å²) < 4.78 is 58.4. The van der Waals surface area contributed by atoms with Crippen molar-refractivity contribution in [2.24, 2.45) is 0 Å². The van der Waals surface area contributed by atoms with E-state index in [0.29, 0.717) is 36.1 Å². The van der Waals surface area contributed by atoms with Crippen LogP contribution in [-0.2, 0) is 24.1 Å². The number of nitrogens with zero attached hydrogens (tertiary/aromatic N) is 2. The van der Waals surface area contributed by atoms with Gasteiger partial charge in [-0.15, -0.1) is 0 Å². The lowest BCUT2D eigenvalue weighted by Crippen LogP contribution is -2.34.